The zero-order valence-corrected chi connectivity index (χ0v) is 13.1. The Morgan fingerprint density at radius 2 is 2.19 bits per heavy atom. The van der Waals surface area contributed by atoms with Gasteiger partial charge in [-0.25, -0.2) is 0 Å². The van der Waals surface area contributed by atoms with Gasteiger partial charge in [-0.2, -0.15) is 0 Å². The van der Waals surface area contributed by atoms with Crippen LogP contribution >= 0.6 is 0 Å². The smallest absolute Gasteiger partial charge is 0.244 e. The predicted octanol–water partition coefficient (Wildman–Crippen LogP) is 2.38. The molecule has 1 amide bonds. The van der Waals surface area contributed by atoms with E-state index in [2.05, 4.69) is 31.3 Å². The first-order valence-corrected chi connectivity index (χ1v) is 7.80. The highest BCUT2D eigenvalue weighted by molar-refractivity contribution is 5.89. The second kappa shape index (κ2) is 5.43. The standard InChI is InChI=1S/C17H24N2O2/c1-4-17(3)16(20)19(13-9-10-21-11-13)15(18-17)14-8-6-5-7-12(14)2/h5-8,13,15,18H,4,9-11H2,1-3H3. The van der Waals surface area contributed by atoms with E-state index in [0.717, 1.165) is 19.4 Å². The summed E-state index contributed by atoms with van der Waals surface area (Å²) in [7, 11) is 0. The van der Waals surface area contributed by atoms with Crippen LogP contribution in [-0.2, 0) is 9.53 Å². The number of nitrogens with zero attached hydrogens (tertiary/aromatic N) is 1. The van der Waals surface area contributed by atoms with Crippen LogP contribution in [0.3, 0.4) is 0 Å². The van der Waals surface area contributed by atoms with Gasteiger partial charge in [0.1, 0.15) is 6.17 Å². The molecule has 1 N–H and O–H groups in total. The number of benzene rings is 1. The molecule has 2 heterocycles. The largest absolute Gasteiger partial charge is 0.379 e. The molecule has 3 unspecified atom stereocenters. The molecule has 0 radical (unpaired) electrons. The lowest BCUT2D eigenvalue weighted by Gasteiger charge is -2.30. The minimum Gasteiger partial charge on any atom is -0.379 e. The van der Waals surface area contributed by atoms with E-state index in [1.807, 2.05) is 24.0 Å². The molecule has 114 valence electrons. The van der Waals surface area contributed by atoms with Crippen LogP contribution in [0.4, 0.5) is 0 Å². The van der Waals surface area contributed by atoms with Crippen LogP contribution in [0.1, 0.15) is 44.0 Å². The summed E-state index contributed by atoms with van der Waals surface area (Å²) >= 11 is 0. The van der Waals surface area contributed by atoms with Crippen LogP contribution < -0.4 is 5.32 Å². The van der Waals surface area contributed by atoms with Crippen molar-refractivity contribution in [3.63, 3.8) is 0 Å². The van der Waals surface area contributed by atoms with Crippen molar-refractivity contribution in [1.29, 1.82) is 0 Å². The summed E-state index contributed by atoms with van der Waals surface area (Å²) in [6, 6.07) is 8.48. The Labute approximate surface area is 126 Å². The molecule has 0 aliphatic carbocycles. The molecule has 3 atom stereocenters. The third kappa shape index (κ3) is 2.36. The van der Waals surface area contributed by atoms with Crippen molar-refractivity contribution < 1.29 is 9.53 Å². The van der Waals surface area contributed by atoms with Crippen LogP contribution in [0.15, 0.2) is 24.3 Å². The molecule has 0 bridgehead atoms. The van der Waals surface area contributed by atoms with Gasteiger partial charge in [-0.05, 0) is 37.8 Å². The normalized spacial score (nSPS) is 32.9. The van der Waals surface area contributed by atoms with Crippen LogP contribution in [-0.4, -0.2) is 35.6 Å². The number of nitrogens with one attached hydrogen (secondary N) is 1. The van der Waals surface area contributed by atoms with Crippen molar-refractivity contribution >= 4 is 5.91 Å². The topological polar surface area (TPSA) is 41.6 Å². The Kier molecular flexibility index (Phi) is 3.76. The zero-order chi connectivity index (χ0) is 15.0. The third-order valence-corrected chi connectivity index (χ3v) is 4.93. The molecule has 1 aromatic rings. The monoisotopic (exact) mass is 288 g/mol. The highest BCUT2D eigenvalue weighted by Crippen LogP contribution is 2.37. The Morgan fingerprint density at radius 3 is 2.81 bits per heavy atom. The van der Waals surface area contributed by atoms with Crippen molar-refractivity contribution in [1.82, 2.24) is 10.2 Å². The van der Waals surface area contributed by atoms with E-state index < -0.39 is 5.54 Å². The summed E-state index contributed by atoms with van der Waals surface area (Å²) in [6.07, 6.45) is 1.67. The number of carbonyl (C=O) groups excluding carboxylic acids is 1. The summed E-state index contributed by atoms with van der Waals surface area (Å²) in [6.45, 7) is 7.57. The van der Waals surface area contributed by atoms with Gasteiger partial charge in [-0.15, -0.1) is 0 Å². The van der Waals surface area contributed by atoms with Gasteiger partial charge in [-0.3, -0.25) is 10.1 Å². The van der Waals surface area contributed by atoms with Crippen molar-refractivity contribution in [2.24, 2.45) is 0 Å². The lowest BCUT2D eigenvalue weighted by Crippen LogP contribution is -2.45. The summed E-state index contributed by atoms with van der Waals surface area (Å²) in [5.74, 6) is 0.203. The van der Waals surface area contributed by atoms with Gasteiger partial charge in [0.2, 0.25) is 5.91 Å². The Balaban J connectivity index is 2.00. The fourth-order valence-corrected chi connectivity index (χ4v) is 3.33. The number of carbonyl (C=O) groups is 1. The first-order chi connectivity index (χ1) is 10.1. The third-order valence-electron chi connectivity index (χ3n) is 4.93. The van der Waals surface area contributed by atoms with E-state index in [0.29, 0.717) is 6.61 Å². The van der Waals surface area contributed by atoms with Gasteiger partial charge in [-0.1, -0.05) is 31.2 Å². The van der Waals surface area contributed by atoms with E-state index >= 15 is 0 Å². The van der Waals surface area contributed by atoms with Gasteiger partial charge in [0, 0.05) is 6.61 Å². The second-order valence-corrected chi connectivity index (χ2v) is 6.32. The van der Waals surface area contributed by atoms with Gasteiger partial charge in [0.05, 0.1) is 18.2 Å². The average molecular weight is 288 g/mol. The zero-order valence-electron chi connectivity index (χ0n) is 13.1. The Hall–Kier alpha value is -1.39. The Morgan fingerprint density at radius 1 is 1.43 bits per heavy atom. The van der Waals surface area contributed by atoms with Crippen molar-refractivity contribution in [2.45, 2.75) is 51.4 Å². The maximum absolute atomic E-state index is 12.9. The summed E-state index contributed by atoms with van der Waals surface area (Å²) in [5, 5.41) is 3.57. The van der Waals surface area contributed by atoms with E-state index in [1.165, 1.54) is 11.1 Å². The molecule has 2 fully saturated rings. The van der Waals surface area contributed by atoms with Gasteiger partial charge in [0.25, 0.3) is 0 Å². The molecule has 0 spiro atoms. The molecule has 1 aromatic carbocycles. The molecule has 4 heteroatoms. The van der Waals surface area contributed by atoms with Crippen LogP contribution in [0.5, 0.6) is 0 Å². The van der Waals surface area contributed by atoms with E-state index in [9.17, 15) is 4.79 Å². The minimum absolute atomic E-state index is 0.0460. The number of aryl methyl sites for hydroxylation is 1. The van der Waals surface area contributed by atoms with Crippen molar-refractivity contribution in [3.05, 3.63) is 35.4 Å². The highest BCUT2D eigenvalue weighted by Gasteiger charge is 2.50. The maximum atomic E-state index is 12.9. The lowest BCUT2D eigenvalue weighted by molar-refractivity contribution is -0.135. The van der Waals surface area contributed by atoms with Gasteiger partial charge in [0.15, 0.2) is 0 Å². The molecular weight excluding hydrogens is 264 g/mol. The molecule has 2 saturated heterocycles. The van der Waals surface area contributed by atoms with Crippen molar-refractivity contribution in [3.8, 4) is 0 Å². The SMILES string of the molecule is CCC1(C)NC(c2ccccc2C)N(C2CCOC2)C1=O. The fourth-order valence-electron chi connectivity index (χ4n) is 3.33. The Bertz CT molecular complexity index is 539. The number of amides is 1. The van der Waals surface area contributed by atoms with Gasteiger partial charge >= 0.3 is 0 Å². The molecular formula is C17H24N2O2. The lowest BCUT2D eigenvalue weighted by atomic mass is 9.99. The first-order valence-electron chi connectivity index (χ1n) is 7.80. The number of ether oxygens (including phenoxy) is 1. The maximum Gasteiger partial charge on any atom is 0.244 e. The summed E-state index contributed by atoms with van der Waals surface area (Å²) in [5.41, 5.74) is 1.93. The van der Waals surface area contributed by atoms with Gasteiger partial charge < -0.3 is 9.64 Å². The van der Waals surface area contributed by atoms with E-state index in [1.54, 1.807) is 0 Å². The molecule has 4 nitrogen and oxygen atoms in total. The number of hydrogen-bond acceptors (Lipinski definition) is 3. The predicted molar refractivity (Wildman–Crippen MR) is 81.8 cm³/mol. The number of hydrogen-bond donors (Lipinski definition) is 1. The second-order valence-electron chi connectivity index (χ2n) is 6.32. The molecule has 3 rings (SSSR count). The highest BCUT2D eigenvalue weighted by atomic mass is 16.5. The summed E-state index contributed by atoms with van der Waals surface area (Å²) in [4.78, 5) is 15.0. The minimum atomic E-state index is -0.477. The molecule has 2 aliphatic heterocycles. The van der Waals surface area contributed by atoms with E-state index in [4.69, 9.17) is 4.74 Å². The molecule has 2 aliphatic rings. The molecule has 21 heavy (non-hydrogen) atoms. The molecule has 0 aromatic heterocycles. The number of rotatable bonds is 3. The van der Waals surface area contributed by atoms with Crippen LogP contribution in [0.2, 0.25) is 0 Å². The quantitative estimate of drug-likeness (QED) is 0.928. The summed E-state index contributed by atoms with van der Waals surface area (Å²) < 4.78 is 5.51. The van der Waals surface area contributed by atoms with Crippen LogP contribution in [0.25, 0.3) is 0 Å². The first kappa shape index (κ1) is 14.5. The molecule has 0 saturated carbocycles. The fraction of sp³-hybridized carbons (Fsp3) is 0.588. The average Bonchev–Trinajstić information content (AvgIpc) is 3.08. The van der Waals surface area contributed by atoms with Crippen LogP contribution in [0, 0.1) is 6.92 Å². The van der Waals surface area contributed by atoms with E-state index in [-0.39, 0.29) is 18.1 Å². The van der Waals surface area contributed by atoms with Crippen molar-refractivity contribution in [2.75, 3.05) is 13.2 Å².